The summed E-state index contributed by atoms with van der Waals surface area (Å²) in [4.78, 5) is 11.4. The van der Waals surface area contributed by atoms with Gasteiger partial charge in [0.25, 0.3) is 0 Å². The van der Waals surface area contributed by atoms with Crippen molar-refractivity contribution in [2.45, 2.75) is 6.54 Å². The average Bonchev–Trinajstić information content (AvgIpc) is 3.36. The van der Waals surface area contributed by atoms with Crippen molar-refractivity contribution in [1.29, 1.82) is 0 Å². The van der Waals surface area contributed by atoms with Crippen LogP contribution < -0.4 is 10.1 Å². The van der Waals surface area contributed by atoms with Gasteiger partial charge in [-0.15, -0.1) is 0 Å². The van der Waals surface area contributed by atoms with Gasteiger partial charge >= 0.3 is 0 Å². The van der Waals surface area contributed by atoms with Gasteiger partial charge < -0.3 is 29.8 Å². The Labute approximate surface area is 181 Å². The minimum atomic E-state index is 0.0155. The summed E-state index contributed by atoms with van der Waals surface area (Å²) in [6.45, 7) is 0.459. The van der Waals surface area contributed by atoms with Gasteiger partial charge in [-0.05, 0) is 36.4 Å². The number of aromatic nitrogens is 4. The Balaban J connectivity index is 1.44. The number of hydrogen-bond acceptors (Lipinski definition) is 6. The Hall–Kier alpha value is -3.75. The van der Waals surface area contributed by atoms with E-state index in [0.717, 1.165) is 22.1 Å². The van der Waals surface area contributed by atoms with Crippen LogP contribution in [0.5, 0.6) is 17.4 Å². The number of rotatable bonds is 6. The van der Waals surface area contributed by atoms with E-state index in [9.17, 15) is 10.2 Å². The SMILES string of the molecule is OCCn1ccc2ncnc(Nc3ccc(Oc4cccc5c(O)[nH]cc45)c(Cl)c3)c21. The van der Waals surface area contributed by atoms with Gasteiger partial charge in [0, 0.05) is 35.4 Å². The number of anilines is 2. The third kappa shape index (κ3) is 3.52. The summed E-state index contributed by atoms with van der Waals surface area (Å²) in [6.07, 6.45) is 5.04. The number of aliphatic hydroxyl groups excluding tert-OH is 1. The molecule has 2 aromatic carbocycles. The summed E-state index contributed by atoms with van der Waals surface area (Å²) in [5.74, 6) is 1.77. The Morgan fingerprint density at radius 2 is 2.00 bits per heavy atom. The number of nitrogens with zero attached hydrogens (tertiary/aromatic N) is 3. The van der Waals surface area contributed by atoms with Crippen LogP contribution in [0.4, 0.5) is 11.5 Å². The molecule has 0 fully saturated rings. The molecule has 0 amide bonds. The summed E-state index contributed by atoms with van der Waals surface area (Å²) < 4.78 is 7.89. The second kappa shape index (κ2) is 7.82. The Morgan fingerprint density at radius 1 is 1.10 bits per heavy atom. The molecule has 5 rings (SSSR count). The average molecular weight is 436 g/mol. The van der Waals surface area contributed by atoms with E-state index in [4.69, 9.17) is 16.3 Å². The van der Waals surface area contributed by atoms with E-state index in [1.807, 2.05) is 29.0 Å². The highest BCUT2D eigenvalue weighted by Crippen LogP contribution is 2.37. The summed E-state index contributed by atoms with van der Waals surface area (Å²) in [6, 6.07) is 12.6. The van der Waals surface area contributed by atoms with E-state index in [1.165, 1.54) is 6.33 Å². The fraction of sp³-hybridized carbons (Fsp3) is 0.0909. The van der Waals surface area contributed by atoms with Crippen molar-refractivity contribution >= 4 is 44.9 Å². The molecule has 0 saturated carbocycles. The Morgan fingerprint density at radius 3 is 2.84 bits per heavy atom. The van der Waals surface area contributed by atoms with E-state index in [0.29, 0.717) is 34.3 Å². The molecule has 5 aromatic rings. The lowest BCUT2D eigenvalue weighted by Gasteiger charge is -2.12. The maximum absolute atomic E-state index is 9.87. The van der Waals surface area contributed by atoms with Gasteiger partial charge in [0.1, 0.15) is 23.3 Å². The highest BCUT2D eigenvalue weighted by Gasteiger charge is 2.13. The Bertz CT molecular complexity index is 1390. The first-order valence-electron chi connectivity index (χ1n) is 9.58. The first-order chi connectivity index (χ1) is 15.1. The van der Waals surface area contributed by atoms with Crippen LogP contribution in [0, 0.1) is 0 Å². The van der Waals surface area contributed by atoms with Gasteiger partial charge in [-0.2, -0.15) is 0 Å². The molecule has 3 heterocycles. The molecule has 0 spiro atoms. The van der Waals surface area contributed by atoms with Gasteiger partial charge in [0.2, 0.25) is 0 Å². The molecule has 0 aliphatic heterocycles. The zero-order valence-corrected chi connectivity index (χ0v) is 17.0. The van der Waals surface area contributed by atoms with Crippen molar-refractivity contribution < 1.29 is 14.9 Å². The zero-order chi connectivity index (χ0) is 21.4. The minimum absolute atomic E-state index is 0.0155. The molecule has 0 unspecified atom stereocenters. The predicted molar refractivity (Wildman–Crippen MR) is 119 cm³/mol. The summed E-state index contributed by atoms with van der Waals surface area (Å²) in [5, 5.41) is 24.3. The van der Waals surface area contributed by atoms with Crippen LogP contribution in [-0.4, -0.2) is 36.3 Å². The van der Waals surface area contributed by atoms with Gasteiger partial charge in [0.05, 0.1) is 17.1 Å². The summed E-state index contributed by atoms with van der Waals surface area (Å²) >= 11 is 6.49. The number of aromatic hydroxyl groups is 1. The molecule has 3 aromatic heterocycles. The van der Waals surface area contributed by atoms with Crippen LogP contribution in [0.3, 0.4) is 0 Å². The second-order valence-electron chi connectivity index (χ2n) is 6.92. The van der Waals surface area contributed by atoms with Crippen LogP contribution in [0.25, 0.3) is 21.8 Å². The van der Waals surface area contributed by atoms with Crippen LogP contribution in [0.2, 0.25) is 5.02 Å². The van der Waals surface area contributed by atoms with Gasteiger partial charge in [-0.25, -0.2) is 9.97 Å². The number of ether oxygens (including phenoxy) is 1. The maximum atomic E-state index is 9.87. The van der Waals surface area contributed by atoms with Crippen molar-refractivity contribution in [3.05, 3.63) is 66.2 Å². The first kappa shape index (κ1) is 19.2. The topological polar surface area (TPSA) is 108 Å². The number of H-pyrrole nitrogens is 1. The van der Waals surface area contributed by atoms with Gasteiger partial charge in [-0.3, -0.25) is 0 Å². The fourth-order valence-electron chi connectivity index (χ4n) is 3.54. The van der Waals surface area contributed by atoms with E-state index in [1.54, 1.807) is 30.5 Å². The molecule has 9 heteroatoms. The lowest BCUT2D eigenvalue weighted by Crippen LogP contribution is -2.04. The van der Waals surface area contributed by atoms with Crippen LogP contribution in [0.15, 0.2) is 61.2 Å². The van der Waals surface area contributed by atoms with Crippen molar-refractivity contribution in [1.82, 2.24) is 19.5 Å². The van der Waals surface area contributed by atoms with Crippen LogP contribution in [-0.2, 0) is 6.54 Å². The molecule has 0 aliphatic rings. The maximum Gasteiger partial charge on any atom is 0.196 e. The molecular weight excluding hydrogens is 418 g/mol. The number of aliphatic hydroxyl groups is 1. The number of benzene rings is 2. The zero-order valence-electron chi connectivity index (χ0n) is 16.2. The van der Waals surface area contributed by atoms with Crippen LogP contribution in [0.1, 0.15) is 0 Å². The smallest absolute Gasteiger partial charge is 0.196 e. The lowest BCUT2D eigenvalue weighted by atomic mass is 10.2. The quantitative estimate of drug-likeness (QED) is 0.305. The van der Waals surface area contributed by atoms with E-state index in [2.05, 4.69) is 20.3 Å². The minimum Gasteiger partial charge on any atom is -0.494 e. The molecule has 0 radical (unpaired) electrons. The summed E-state index contributed by atoms with van der Waals surface area (Å²) in [5.41, 5.74) is 2.30. The standard InChI is InChI=1S/C22H18ClN5O3/c23-16-10-13(27-21-20-17(25-12-26-21)6-7-28(20)8-9-29)4-5-19(16)31-18-3-1-2-14-15(18)11-24-22(14)30/h1-7,10-12,24,29-30H,8-9H2,(H,25,26,27). The molecule has 8 nitrogen and oxygen atoms in total. The number of nitrogens with one attached hydrogen (secondary N) is 2. The van der Waals surface area contributed by atoms with Crippen molar-refractivity contribution in [3.63, 3.8) is 0 Å². The fourth-order valence-corrected chi connectivity index (χ4v) is 3.76. The molecule has 31 heavy (non-hydrogen) atoms. The van der Waals surface area contributed by atoms with Crippen molar-refractivity contribution in [2.24, 2.45) is 0 Å². The van der Waals surface area contributed by atoms with Crippen LogP contribution >= 0.6 is 11.6 Å². The molecule has 4 N–H and O–H groups in total. The normalized spacial score (nSPS) is 11.3. The molecule has 156 valence electrons. The number of fused-ring (bicyclic) bond motifs is 2. The molecule has 0 aliphatic carbocycles. The van der Waals surface area contributed by atoms with E-state index in [-0.39, 0.29) is 12.5 Å². The molecular formula is C22H18ClN5O3. The summed E-state index contributed by atoms with van der Waals surface area (Å²) in [7, 11) is 0. The first-order valence-corrected chi connectivity index (χ1v) is 9.96. The lowest BCUT2D eigenvalue weighted by molar-refractivity contribution is 0.278. The third-order valence-corrected chi connectivity index (χ3v) is 5.28. The second-order valence-corrected chi connectivity index (χ2v) is 7.32. The van der Waals surface area contributed by atoms with Gasteiger partial charge in [0.15, 0.2) is 11.7 Å². The predicted octanol–water partition coefficient (Wildman–Crippen LogP) is 4.80. The molecule has 0 atom stereocenters. The molecule has 0 bridgehead atoms. The monoisotopic (exact) mass is 435 g/mol. The van der Waals surface area contributed by atoms with Gasteiger partial charge in [-0.1, -0.05) is 17.7 Å². The third-order valence-electron chi connectivity index (χ3n) is 4.98. The van der Waals surface area contributed by atoms with Crippen molar-refractivity contribution in [2.75, 3.05) is 11.9 Å². The number of hydrogen-bond donors (Lipinski definition) is 4. The van der Waals surface area contributed by atoms with E-state index < -0.39 is 0 Å². The Kier molecular flexibility index (Phi) is 4.85. The number of halogens is 1. The molecule has 0 saturated heterocycles. The highest BCUT2D eigenvalue weighted by molar-refractivity contribution is 6.32. The number of aromatic amines is 1. The van der Waals surface area contributed by atoms with Crippen molar-refractivity contribution in [3.8, 4) is 17.4 Å². The highest BCUT2D eigenvalue weighted by atomic mass is 35.5. The van der Waals surface area contributed by atoms with E-state index >= 15 is 0 Å². The largest absolute Gasteiger partial charge is 0.494 e.